The van der Waals surface area contributed by atoms with Crippen LogP contribution in [0.4, 0.5) is 5.82 Å². The molecule has 3 aromatic rings. The first-order chi connectivity index (χ1) is 13.0. The summed E-state index contributed by atoms with van der Waals surface area (Å²) in [4.78, 5) is 17.2. The van der Waals surface area contributed by atoms with Crippen molar-refractivity contribution in [2.45, 2.75) is 6.92 Å². The third-order valence-electron chi connectivity index (χ3n) is 4.32. The summed E-state index contributed by atoms with van der Waals surface area (Å²) in [6, 6.07) is 7.52. The molecule has 8 heteroatoms. The molecule has 0 aliphatic heterocycles. The lowest BCUT2D eigenvalue weighted by Gasteiger charge is -2.17. The number of anilines is 1. The topological polar surface area (TPSA) is 99.5 Å². The number of thioether (sulfide) groups is 1. The van der Waals surface area contributed by atoms with Crippen molar-refractivity contribution in [1.29, 1.82) is 5.41 Å². The number of nitrogens with zero attached hydrogens (tertiary/aromatic N) is 3. The Hall–Kier alpha value is -3.13. The summed E-state index contributed by atoms with van der Waals surface area (Å²) in [5.41, 5.74) is 3.56. The number of benzene rings is 1. The number of hydrogen-bond acceptors (Lipinski definition) is 6. The van der Waals surface area contributed by atoms with Crippen LogP contribution in [0.2, 0.25) is 0 Å². The molecule has 138 valence electrons. The van der Waals surface area contributed by atoms with Gasteiger partial charge in [0.2, 0.25) is 0 Å². The molecule has 3 N–H and O–H groups in total. The number of rotatable bonds is 6. The van der Waals surface area contributed by atoms with Crippen molar-refractivity contribution in [3.05, 3.63) is 63.7 Å². The van der Waals surface area contributed by atoms with Gasteiger partial charge in [0.05, 0.1) is 5.03 Å². The second-order valence-electron chi connectivity index (χ2n) is 5.99. The van der Waals surface area contributed by atoms with Gasteiger partial charge in [-0.2, -0.15) is 5.10 Å². The molecule has 0 radical (unpaired) electrons. The van der Waals surface area contributed by atoms with E-state index in [1.165, 1.54) is 28.9 Å². The molecule has 27 heavy (non-hydrogen) atoms. The summed E-state index contributed by atoms with van der Waals surface area (Å²) in [6.07, 6.45) is 4.57. The molecule has 0 aliphatic carbocycles. The van der Waals surface area contributed by atoms with E-state index in [1.807, 2.05) is 31.4 Å². The summed E-state index contributed by atoms with van der Waals surface area (Å²) in [7, 11) is 1.68. The SMILES string of the molecule is C=C(Nc1c(C=N)cc(-c2cc(-c3ncn[nH]3)ccc2C)c(=O)n1C)SC. The zero-order valence-corrected chi connectivity index (χ0v) is 16.1. The van der Waals surface area contributed by atoms with Gasteiger partial charge < -0.3 is 10.7 Å². The van der Waals surface area contributed by atoms with E-state index < -0.39 is 0 Å². The van der Waals surface area contributed by atoms with E-state index in [0.29, 0.717) is 27.8 Å². The molecule has 0 saturated carbocycles. The molecule has 0 atom stereocenters. The number of nitrogens with one attached hydrogen (secondary N) is 3. The minimum absolute atomic E-state index is 0.158. The second kappa shape index (κ2) is 7.63. The lowest BCUT2D eigenvalue weighted by molar-refractivity contribution is 0.870. The van der Waals surface area contributed by atoms with Gasteiger partial charge in [-0.25, -0.2) is 4.98 Å². The Morgan fingerprint density at radius 1 is 1.37 bits per heavy atom. The molecule has 2 heterocycles. The average Bonchev–Trinajstić information content (AvgIpc) is 3.21. The van der Waals surface area contributed by atoms with Gasteiger partial charge in [-0.1, -0.05) is 18.7 Å². The zero-order valence-electron chi connectivity index (χ0n) is 15.3. The third-order valence-corrected chi connectivity index (χ3v) is 4.91. The van der Waals surface area contributed by atoms with Crippen molar-refractivity contribution in [2.24, 2.45) is 7.05 Å². The molecule has 0 saturated heterocycles. The van der Waals surface area contributed by atoms with E-state index in [2.05, 4.69) is 27.1 Å². The molecule has 0 unspecified atom stereocenters. The minimum atomic E-state index is -0.158. The smallest absolute Gasteiger partial charge is 0.259 e. The lowest BCUT2D eigenvalue weighted by atomic mass is 9.97. The van der Waals surface area contributed by atoms with Gasteiger partial charge >= 0.3 is 0 Å². The summed E-state index contributed by atoms with van der Waals surface area (Å²) < 4.78 is 1.51. The van der Waals surface area contributed by atoms with Crippen LogP contribution in [-0.4, -0.2) is 32.2 Å². The maximum Gasteiger partial charge on any atom is 0.259 e. The Morgan fingerprint density at radius 3 is 2.78 bits per heavy atom. The van der Waals surface area contributed by atoms with Crippen LogP contribution < -0.4 is 10.9 Å². The highest BCUT2D eigenvalue weighted by Crippen LogP contribution is 2.28. The van der Waals surface area contributed by atoms with E-state index in [1.54, 1.807) is 13.1 Å². The van der Waals surface area contributed by atoms with Gasteiger partial charge in [-0.05, 0) is 36.4 Å². The average molecular weight is 380 g/mol. The van der Waals surface area contributed by atoms with Crippen LogP contribution in [0.15, 0.2) is 47.0 Å². The molecule has 0 bridgehead atoms. The minimum Gasteiger partial charge on any atom is -0.336 e. The highest BCUT2D eigenvalue weighted by Gasteiger charge is 2.16. The van der Waals surface area contributed by atoms with Gasteiger partial charge in [0.15, 0.2) is 5.82 Å². The lowest BCUT2D eigenvalue weighted by Crippen LogP contribution is -2.23. The second-order valence-corrected chi connectivity index (χ2v) is 6.89. The molecule has 0 spiro atoms. The summed E-state index contributed by atoms with van der Waals surface area (Å²) >= 11 is 1.44. The van der Waals surface area contributed by atoms with Gasteiger partial charge in [-0.15, -0.1) is 11.8 Å². The van der Waals surface area contributed by atoms with Crippen molar-refractivity contribution < 1.29 is 0 Å². The summed E-state index contributed by atoms with van der Waals surface area (Å²) in [6.45, 7) is 5.84. The summed E-state index contributed by atoms with van der Waals surface area (Å²) in [5.74, 6) is 1.18. The van der Waals surface area contributed by atoms with Crippen molar-refractivity contribution in [3.63, 3.8) is 0 Å². The maximum absolute atomic E-state index is 13.1. The van der Waals surface area contributed by atoms with Crippen LogP contribution in [0.25, 0.3) is 22.5 Å². The van der Waals surface area contributed by atoms with E-state index >= 15 is 0 Å². The Labute approximate surface area is 161 Å². The van der Waals surface area contributed by atoms with Crippen molar-refractivity contribution in [2.75, 3.05) is 11.6 Å². The van der Waals surface area contributed by atoms with Crippen molar-refractivity contribution in [3.8, 4) is 22.5 Å². The largest absolute Gasteiger partial charge is 0.336 e. The number of aromatic nitrogens is 4. The molecule has 3 rings (SSSR count). The summed E-state index contributed by atoms with van der Waals surface area (Å²) in [5, 5.41) is 18.3. The quantitative estimate of drug-likeness (QED) is 0.569. The Kier molecular flexibility index (Phi) is 5.27. The van der Waals surface area contributed by atoms with Crippen LogP contribution in [0.5, 0.6) is 0 Å². The van der Waals surface area contributed by atoms with Crippen LogP contribution in [-0.2, 0) is 7.05 Å². The molecular formula is C19H20N6OS. The molecule has 0 fully saturated rings. The first-order valence-corrected chi connectivity index (χ1v) is 9.40. The normalized spacial score (nSPS) is 10.6. The number of pyridine rings is 1. The first kappa shape index (κ1) is 18.7. The Balaban J connectivity index is 2.19. The van der Waals surface area contributed by atoms with Crippen molar-refractivity contribution in [1.82, 2.24) is 19.7 Å². The third kappa shape index (κ3) is 3.56. The number of aromatic amines is 1. The van der Waals surface area contributed by atoms with Gasteiger partial charge in [0, 0.05) is 30.0 Å². The molecule has 0 amide bonds. The number of aryl methyl sites for hydroxylation is 1. The molecule has 7 nitrogen and oxygen atoms in total. The van der Waals surface area contributed by atoms with Gasteiger partial charge in [-0.3, -0.25) is 14.5 Å². The molecule has 0 aliphatic rings. The molecule has 2 aromatic heterocycles. The van der Waals surface area contributed by atoms with E-state index in [4.69, 9.17) is 5.41 Å². The van der Waals surface area contributed by atoms with E-state index in [9.17, 15) is 4.79 Å². The highest BCUT2D eigenvalue weighted by molar-refractivity contribution is 8.02. The fourth-order valence-corrected chi connectivity index (χ4v) is 3.01. The predicted molar refractivity (Wildman–Crippen MR) is 111 cm³/mol. The number of H-pyrrole nitrogens is 1. The number of hydrogen-bond donors (Lipinski definition) is 3. The fraction of sp³-hybridized carbons (Fsp3) is 0.158. The maximum atomic E-state index is 13.1. The van der Waals surface area contributed by atoms with E-state index in [-0.39, 0.29) is 5.56 Å². The molecular weight excluding hydrogens is 360 g/mol. The van der Waals surface area contributed by atoms with Crippen LogP contribution in [0, 0.1) is 12.3 Å². The van der Waals surface area contributed by atoms with Crippen LogP contribution in [0.1, 0.15) is 11.1 Å². The first-order valence-electron chi connectivity index (χ1n) is 8.17. The van der Waals surface area contributed by atoms with Crippen LogP contribution >= 0.6 is 11.8 Å². The standard InChI is InChI=1S/C19H20N6OS/c1-11-5-6-13(17-21-10-22-24-17)7-15(11)16-8-14(9-20)18(23-12(2)27-4)25(3)19(16)26/h5-10,20,23H,2H2,1,3-4H3,(H,21,22,24). The highest BCUT2D eigenvalue weighted by atomic mass is 32.2. The Morgan fingerprint density at radius 2 is 2.15 bits per heavy atom. The predicted octanol–water partition coefficient (Wildman–Crippen LogP) is 3.39. The Bertz CT molecular complexity index is 1070. The zero-order chi connectivity index (χ0) is 19.6. The van der Waals surface area contributed by atoms with Crippen molar-refractivity contribution >= 4 is 23.8 Å². The van der Waals surface area contributed by atoms with Gasteiger partial charge in [0.25, 0.3) is 5.56 Å². The monoisotopic (exact) mass is 380 g/mol. The van der Waals surface area contributed by atoms with E-state index in [0.717, 1.165) is 16.7 Å². The fourth-order valence-electron chi connectivity index (χ4n) is 2.81. The van der Waals surface area contributed by atoms with Crippen LogP contribution in [0.3, 0.4) is 0 Å². The van der Waals surface area contributed by atoms with Gasteiger partial charge in [0.1, 0.15) is 12.1 Å². The molecule has 1 aromatic carbocycles.